The summed E-state index contributed by atoms with van der Waals surface area (Å²) in [6.07, 6.45) is 2.90. The fourth-order valence-corrected chi connectivity index (χ4v) is 3.80. The molecule has 3 heterocycles. The van der Waals surface area contributed by atoms with Gasteiger partial charge in [-0.25, -0.2) is 4.39 Å². The van der Waals surface area contributed by atoms with Crippen molar-refractivity contribution in [2.45, 2.75) is 25.3 Å². The van der Waals surface area contributed by atoms with Crippen LogP contribution < -0.4 is 4.90 Å². The van der Waals surface area contributed by atoms with Gasteiger partial charge in [-0.05, 0) is 50.6 Å². The lowest BCUT2D eigenvalue weighted by Crippen LogP contribution is -2.44. The van der Waals surface area contributed by atoms with Gasteiger partial charge in [-0.1, -0.05) is 12.1 Å². The first kappa shape index (κ1) is 18.8. The van der Waals surface area contributed by atoms with Crippen LogP contribution >= 0.6 is 0 Å². The van der Waals surface area contributed by atoms with Crippen LogP contribution in [0.15, 0.2) is 36.4 Å². The van der Waals surface area contributed by atoms with E-state index in [-0.39, 0.29) is 12.4 Å². The molecular weight excluding hydrogens is 359 g/mol. The molecule has 1 aromatic carbocycles. The number of aliphatic hydroxyl groups excluding tert-OH is 1. The van der Waals surface area contributed by atoms with E-state index >= 15 is 0 Å². The van der Waals surface area contributed by atoms with Crippen molar-refractivity contribution in [1.82, 2.24) is 24.7 Å². The number of fused-ring (bicyclic) bond motifs is 1. The van der Waals surface area contributed by atoms with Gasteiger partial charge < -0.3 is 14.9 Å². The second-order valence-corrected chi connectivity index (χ2v) is 7.24. The van der Waals surface area contributed by atoms with Crippen LogP contribution in [0.4, 0.5) is 10.2 Å². The van der Waals surface area contributed by atoms with Crippen LogP contribution in [0.25, 0.3) is 17.0 Å². The number of hydrogen-bond acceptors (Lipinski definition) is 6. The molecule has 1 aliphatic heterocycles. The van der Waals surface area contributed by atoms with Gasteiger partial charge in [0.1, 0.15) is 11.6 Å². The summed E-state index contributed by atoms with van der Waals surface area (Å²) in [4.78, 5) is 4.58. The monoisotopic (exact) mass is 384 g/mol. The number of aliphatic hydroxyl groups is 1. The average Bonchev–Trinajstić information content (AvgIpc) is 3.15. The predicted octanol–water partition coefficient (Wildman–Crippen LogP) is 2.21. The van der Waals surface area contributed by atoms with Crippen molar-refractivity contribution in [3.8, 4) is 11.4 Å². The van der Waals surface area contributed by atoms with E-state index in [1.807, 2.05) is 12.1 Å². The van der Waals surface area contributed by atoms with Crippen molar-refractivity contribution in [2.75, 3.05) is 38.2 Å². The number of nitrogens with zero attached hydrogens (tertiary/aromatic N) is 6. The van der Waals surface area contributed by atoms with Gasteiger partial charge in [-0.2, -0.15) is 4.52 Å². The Balaban J connectivity index is 1.53. The van der Waals surface area contributed by atoms with E-state index < -0.39 is 0 Å². The van der Waals surface area contributed by atoms with Crippen LogP contribution in [0.1, 0.15) is 19.3 Å². The zero-order valence-electron chi connectivity index (χ0n) is 16.0. The third-order valence-electron chi connectivity index (χ3n) is 5.44. The van der Waals surface area contributed by atoms with Gasteiger partial charge in [0.15, 0.2) is 11.5 Å². The number of benzene rings is 1. The maximum Gasteiger partial charge on any atom is 0.188 e. The van der Waals surface area contributed by atoms with Crippen LogP contribution in [0.2, 0.25) is 0 Å². The molecule has 1 N–H and O–H groups in total. The topological polar surface area (TPSA) is 69.8 Å². The smallest absolute Gasteiger partial charge is 0.188 e. The highest BCUT2D eigenvalue weighted by Gasteiger charge is 2.23. The summed E-state index contributed by atoms with van der Waals surface area (Å²) in [7, 11) is 2.12. The second kappa shape index (κ2) is 8.20. The van der Waals surface area contributed by atoms with Crippen LogP contribution in [0, 0.1) is 5.82 Å². The van der Waals surface area contributed by atoms with E-state index in [9.17, 15) is 4.39 Å². The number of aromatic nitrogens is 4. The summed E-state index contributed by atoms with van der Waals surface area (Å²) in [5.74, 6) is 0.922. The molecule has 0 aliphatic carbocycles. The Morgan fingerprint density at radius 3 is 2.68 bits per heavy atom. The molecule has 1 saturated heterocycles. The highest BCUT2D eigenvalue weighted by molar-refractivity contribution is 5.60. The minimum Gasteiger partial charge on any atom is -0.396 e. The van der Waals surface area contributed by atoms with Crippen LogP contribution in [0.5, 0.6) is 0 Å². The number of hydrogen-bond donors (Lipinski definition) is 1. The normalized spacial score (nSPS) is 15.6. The molecule has 0 bridgehead atoms. The fourth-order valence-electron chi connectivity index (χ4n) is 3.80. The quantitative estimate of drug-likeness (QED) is 0.703. The van der Waals surface area contributed by atoms with Crippen molar-refractivity contribution < 1.29 is 9.50 Å². The lowest BCUT2D eigenvalue weighted by Gasteiger charge is -2.37. The molecule has 1 aliphatic rings. The molecule has 4 rings (SSSR count). The summed E-state index contributed by atoms with van der Waals surface area (Å²) in [6, 6.07) is 10.9. The predicted molar refractivity (Wildman–Crippen MR) is 106 cm³/mol. The molecule has 0 radical (unpaired) electrons. The zero-order chi connectivity index (χ0) is 19.5. The third-order valence-corrected chi connectivity index (χ3v) is 5.44. The molecule has 2 aromatic heterocycles. The maximum atomic E-state index is 14.2. The van der Waals surface area contributed by atoms with E-state index in [1.54, 1.807) is 22.7 Å². The highest BCUT2D eigenvalue weighted by atomic mass is 19.1. The number of halogens is 1. The first-order chi connectivity index (χ1) is 13.7. The molecule has 3 aromatic rings. The fraction of sp³-hybridized carbons (Fsp3) is 0.450. The standard InChI is InChI=1S/C20H25FN6O/c1-25(11-4-14-28)15-9-12-26(13-10-15)19-8-7-18-22-23-20(27(18)24-19)16-5-2-3-6-17(16)21/h2-3,5-8,15,28H,4,9-14H2,1H3. The molecule has 0 atom stereocenters. The van der Waals surface area contributed by atoms with Gasteiger partial charge in [0.25, 0.3) is 0 Å². The van der Waals surface area contributed by atoms with E-state index in [4.69, 9.17) is 10.2 Å². The zero-order valence-corrected chi connectivity index (χ0v) is 16.0. The van der Waals surface area contributed by atoms with Crippen molar-refractivity contribution in [1.29, 1.82) is 0 Å². The minimum atomic E-state index is -0.337. The van der Waals surface area contributed by atoms with Gasteiger partial charge in [0.2, 0.25) is 0 Å². The van der Waals surface area contributed by atoms with Gasteiger partial charge in [0.05, 0.1) is 5.56 Å². The van der Waals surface area contributed by atoms with E-state index in [1.165, 1.54) is 6.07 Å². The Hall–Kier alpha value is -2.58. The average molecular weight is 384 g/mol. The van der Waals surface area contributed by atoms with E-state index in [0.29, 0.717) is 23.1 Å². The molecule has 0 spiro atoms. The van der Waals surface area contributed by atoms with Crippen molar-refractivity contribution in [3.63, 3.8) is 0 Å². The number of anilines is 1. The van der Waals surface area contributed by atoms with Gasteiger partial charge in [0, 0.05) is 32.3 Å². The summed E-state index contributed by atoms with van der Waals surface area (Å²) < 4.78 is 15.8. The van der Waals surface area contributed by atoms with Crippen LogP contribution in [0.3, 0.4) is 0 Å². The Labute approximate surface area is 163 Å². The molecule has 148 valence electrons. The molecule has 1 fully saturated rings. The van der Waals surface area contributed by atoms with Crippen LogP contribution in [-0.2, 0) is 0 Å². The lowest BCUT2D eigenvalue weighted by molar-refractivity contribution is 0.184. The molecule has 0 amide bonds. The van der Waals surface area contributed by atoms with Crippen molar-refractivity contribution in [3.05, 3.63) is 42.2 Å². The Bertz CT molecular complexity index is 937. The van der Waals surface area contributed by atoms with Gasteiger partial charge in [-0.3, -0.25) is 0 Å². The lowest BCUT2D eigenvalue weighted by atomic mass is 10.0. The highest BCUT2D eigenvalue weighted by Crippen LogP contribution is 2.24. The Kier molecular flexibility index (Phi) is 5.50. The molecule has 8 heteroatoms. The van der Waals surface area contributed by atoms with Crippen LogP contribution in [-0.4, -0.2) is 69.1 Å². The molecule has 28 heavy (non-hydrogen) atoms. The summed E-state index contributed by atoms with van der Waals surface area (Å²) in [5.41, 5.74) is 0.990. The largest absolute Gasteiger partial charge is 0.396 e. The van der Waals surface area contributed by atoms with Gasteiger partial charge in [-0.15, -0.1) is 15.3 Å². The number of rotatable bonds is 6. The third kappa shape index (κ3) is 3.70. The molecule has 0 unspecified atom stereocenters. The van der Waals surface area contributed by atoms with Crippen molar-refractivity contribution in [2.24, 2.45) is 0 Å². The molecule has 0 saturated carbocycles. The SMILES string of the molecule is CN(CCCO)C1CCN(c2ccc3nnc(-c4ccccc4F)n3n2)CC1. The first-order valence-electron chi connectivity index (χ1n) is 9.71. The Morgan fingerprint density at radius 1 is 1.14 bits per heavy atom. The van der Waals surface area contributed by atoms with E-state index in [0.717, 1.165) is 44.7 Å². The minimum absolute atomic E-state index is 0.233. The molecule has 7 nitrogen and oxygen atoms in total. The van der Waals surface area contributed by atoms with Crippen molar-refractivity contribution >= 4 is 11.5 Å². The molecular formula is C20H25FN6O. The first-order valence-corrected chi connectivity index (χ1v) is 9.71. The van der Waals surface area contributed by atoms with E-state index in [2.05, 4.69) is 27.0 Å². The summed E-state index contributed by atoms with van der Waals surface area (Å²) in [5, 5.41) is 22.0. The summed E-state index contributed by atoms with van der Waals surface area (Å²) in [6.45, 7) is 2.96. The van der Waals surface area contributed by atoms with Gasteiger partial charge >= 0.3 is 0 Å². The number of piperidine rings is 1. The second-order valence-electron chi connectivity index (χ2n) is 7.24. The maximum absolute atomic E-state index is 14.2. The summed E-state index contributed by atoms with van der Waals surface area (Å²) >= 11 is 0. The Morgan fingerprint density at radius 2 is 1.93 bits per heavy atom.